The number of methoxy groups -OCH3 is 1. The first-order valence-corrected chi connectivity index (χ1v) is 8.54. The van der Waals surface area contributed by atoms with Crippen LogP contribution in [0.2, 0.25) is 0 Å². The predicted octanol–water partition coefficient (Wildman–Crippen LogP) is 1.31. The Balaban J connectivity index is 1.53. The summed E-state index contributed by atoms with van der Waals surface area (Å²) in [6.07, 6.45) is 1.94. The third-order valence-electron chi connectivity index (χ3n) is 5.54. The molecule has 2 N–H and O–H groups in total. The Labute approximate surface area is 140 Å². The van der Waals surface area contributed by atoms with Crippen LogP contribution in [0.5, 0.6) is 0 Å². The standard InChI is InChI=1S/C16H23F2N5O/c1-24-9-2-3-13-10(4-9)16(22-21-13)14-5-15(20-8-19-14)23-6-11(17)12(18)7-23/h5,8-13,16,21-22H,2-4,6-7H2,1H3/t9?,10?,11-,12-,13?,16?/m0/s1. The topological polar surface area (TPSA) is 62.3 Å². The predicted molar refractivity (Wildman–Crippen MR) is 85.0 cm³/mol. The third-order valence-corrected chi connectivity index (χ3v) is 5.54. The molecule has 8 heteroatoms. The van der Waals surface area contributed by atoms with Crippen LogP contribution in [0.3, 0.4) is 0 Å². The van der Waals surface area contributed by atoms with Gasteiger partial charge in [-0.1, -0.05) is 0 Å². The van der Waals surface area contributed by atoms with E-state index in [0.717, 1.165) is 25.0 Å². The first kappa shape index (κ1) is 16.1. The molecule has 0 bridgehead atoms. The highest BCUT2D eigenvalue weighted by Gasteiger charge is 2.42. The quantitative estimate of drug-likeness (QED) is 0.866. The summed E-state index contributed by atoms with van der Waals surface area (Å²) in [5, 5.41) is 0. The maximum Gasteiger partial charge on any atom is 0.150 e. The minimum Gasteiger partial charge on any atom is -0.381 e. The van der Waals surface area contributed by atoms with Gasteiger partial charge in [-0.2, -0.15) is 0 Å². The van der Waals surface area contributed by atoms with Crippen molar-refractivity contribution in [3.05, 3.63) is 18.1 Å². The fourth-order valence-corrected chi connectivity index (χ4v) is 4.14. The van der Waals surface area contributed by atoms with E-state index in [0.29, 0.717) is 17.8 Å². The number of hydrogen-bond acceptors (Lipinski definition) is 6. The van der Waals surface area contributed by atoms with Gasteiger partial charge in [0.1, 0.15) is 12.1 Å². The van der Waals surface area contributed by atoms with Gasteiger partial charge in [0.2, 0.25) is 0 Å². The highest BCUT2D eigenvalue weighted by atomic mass is 19.2. The van der Waals surface area contributed by atoms with Crippen molar-refractivity contribution in [2.24, 2.45) is 5.92 Å². The smallest absolute Gasteiger partial charge is 0.150 e. The van der Waals surface area contributed by atoms with Gasteiger partial charge in [-0.3, -0.25) is 5.43 Å². The number of halogens is 2. The summed E-state index contributed by atoms with van der Waals surface area (Å²) in [5.74, 6) is 0.972. The number of nitrogens with one attached hydrogen (secondary N) is 2. The lowest BCUT2D eigenvalue weighted by Gasteiger charge is -2.32. The zero-order chi connectivity index (χ0) is 16.7. The van der Waals surface area contributed by atoms with Crippen LogP contribution in [0, 0.1) is 5.92 Å². The molecule has 0 radical (unpaired) electrons. The SMILES string of the molecule is COC1CCC2NNC(c3cc(N4C[C@H](F)[C@@H](F)C4)ncn3)C2C1. The number of alkyl halides is 2. The number of rotatable bonds is 3. The van der Waals surface area contributed by atoms with E-state index in [9.17, 15) is 8.78 Å². The van der Waals surface area contributed by atoms with Gasteiger partial charge in [-0.25, -0.2) is 24.2 Å². The number of ether oxygens (including phenoxy) is 1. The van der Waals surface area contributed by atoms with Crippen molar-refractivity contribution in [3.8, 4) is 0 Å². The Morgan fingerprint density at radius 1 is 1.17 bits per heavy atom. The molecule has 132 valence electrons. The molecule has 4 unspecified atom stereocenters. The van der Waals surface area contributed by atoms with Crippen molar-refractivity contribution in [1.82, 2.24) is 20.8 Å². The van der Waals surface area contributed by atoms with Gasteiger partial charge in [-0.05, 0) is 19.3 Å². The highest BCUT2D eigenvalue weighted by Crippen LogP contribution is 2.38. The fourth-order valence-electron chi connectivity index (χ4n) is 4.14. The van der Waals surface area contributed by atoms with Crippen molar-refractivity contribution in [2.75, 3.05) is 25.1 Å². The van der Waals surface area contributed by atoms with Crippen molar-refractivity contribution in [3.63, 3.8) is 0 Å². The molecule has 1 aliphatic carbocycles. The lowest BCUT2D eigenvalue weighted by atomic mass is 9.79. The van der Waals surface area contributed by atoms with Gasteiger partial charge < -0.3 is 9.64 Å². The second-order valence-electron chi connectivity index (χ2n) is 6.95. The molecule has 6 atom stereocenters. The maximum atomic E-state index is 13.5. The summed E-state index contributed by atoms with van der Waals surface area (Å²) in [4.78, 5) is 10.3. The van der Waals surface area contributed by atoms with Gasteiger partial charge in [0.25, 0.3) is 0 Å². The molecular weight excluding hydrogens is 316 g/mol. The largest absolute Gasteiger partial charge is 0.381 e. The molecular formula is C16H23F2N5O. The lowest BCUT2D eigenvalue weighted by molar-refractivity contribution is 0.0436. The van der Waals surface area contributed by atoms with E-state index < -0.39 is 12.3 Å². The molecule has 0 amide bonds. The van der Waals surface area contributed by atoms with Crippen LogP contribution in [0.15, 0.2) is 12.4 Å². The molecule has 3 fully saturated rings. The summed E-state index contributed by atoms with van der Waals surface area (Å²) in [5.41, 5.74) is 7.54. The van der Waals surface area contributed by atoms with Crippen molar-refractivity contribution in [1.29, 1.82) is 0 Å². The Morgan fingerprint density at radius 2 is 1.96 bits per heavy atom. The van der Waals surface area contributed by atoms with Crippen LogP contribution in [-0.2, 0) is 4.74 Å². The van der Waals surface area contributed by atoms with E-state index >= 15 is 0 Å². The van der Waals surface area contributed by atoms with Gasteiger partial charge in [-0.15, -0.1) is 0 Å². The Morgan fingerprint density at radius 3 is 2.71 bits per heavy atom. The van der Waals surface area contributed by atoms with Crippen LogP contribution in [-0.4, -0.2) is 54.7 Å². The van der Waals surface area contributed by atoms with Gasteiger partial charge in [0.05, 0.1) is 30.9 Å². The van der Waals surface area contributed by atoms with E-state index in [4.69, 9.17) is 4.74 Å². The van der Waals surface area contributed by atoms with Crippen LogP contribution in [0.25, 0.3) is 0 Å². The first-order chi connectivity index (χ1) is 11.7. The summed E-state index contributed by atoms with van der Waals surface area (Å²) < 4.78 is 32.5. The molecule has 1 saturated carbocycles. The maximum absolute atomic E-state index is 13.5. The highest BCUT2D eigenvalue weighted by molar-refractivity contribution is 5.42. The first-order valence-electron chi connectivity index (χ1n) is 8.54. The van der Waals surface area contributed by atoms with E-state index in [1.54, 1.807) is 12.0 Å². The second-order valence-corrected chi connectivity index (χ2v) is 6.95. The normalized spacial score (nSPS) is 39.2. The minimum atomic E-state index is -1.44. The Hall–Kier alpha value is -1.38. The number of hydrogen-bond donors (Lipinski definition) is 2. The number of aromatic nitrogens is 2. The summed E-state index contributed by atoms with van der Waals surface area (Å²) >= 11 is 0. The van der Waals surface area contributed by atoms with E-state index in [1.807, 2.05) is 6.07 Å². The van der Waals surface area contributed by atoms with Crippen molar-refractivity contribution < 1.29 is 13.5 Å². The number of nitrogens with zero attached hydrogens (tertiary/aromatic N) is 3. The van der Waals surface area contributed by atoms with Gasteiger partial charge in [0, 0.05) is 25.1 Å². The molecule has 4 rings (SSSR count). The number of anilines is 1. The van der Waals surface area contributed by atoms with E-state index in [1.165, 1.54) is 6.33 Å². The van der Waals surface area contributed by atoms with Crippen molar-refractivity contribution >= 4 is 5.82 Å². The molecule has 3 heterocycles. The molecule has 1 aromatic heterocycles. The van der Waals surface area contributed by atoms with Gasteiger partial charge >= 0.3 is 0 Å². The molecule has 2 aliphatic heterocycles. The summed E-state index contributed by atoms with van der Waals surface area (Å²) in [6.45, 7) is 0.0948. The van der Waals surface area contributed by atoms with Crippen LogP contribution in [0.1, 0.15) is 31.0 Å². The molecule has 0 aromatic carbocycles. The molecule has 1 aromatic rings. The average molecular weight is 339 g/mol. The lowest BCUT2D eigenvalue weighted by Crippen LogP contribution is -2.37. The zero-order valence-electron chi connectivity index (χ0n) is 13.7. The van der Waals surface area contributed by atoms with E-state index in [-0.39, 0.29) is 25.2 Å². The molecule has 24 heavy (non-hydrogen) atoms. The van der Waals surface area contributed by atoms with E-state index in [2.05, 4.69) is 20.8 Å². The molecule has 0 spiro atoms. The Kier molecular flexibility index (Phi) is 4.36. The zero-order valence-corrected chi connectivity index (χ0v) is 13.7. The minimum absolute atomic E-state index is 0.0474. The van der Waals surface area contributed by atoms with Crippen LogP contribution < -0.4 is 15.8 Å². The average Bonchev–Trinajstić information content (AvgIpc) is 3.18. The summed E-state index contributed by atoms with van der Waals surface area (Å²) in [7, 11) is 1.76. The van der Waals surface area contributed by atoms with Crippen LogP contribution in [0.4, 0.5) is 14.6 Å². The fraction of sp³-hybridized carbons (Fsp3) is 0.750. The monoisotopic (exact) mass is 339 g/mol. The van der Waals surface area contributed by atoms with Crippen LogP contribution >= 0.6 is 0 Å². The van der Waals surface area contributed by atoms with Crippen molar-refractivity contribution in [2.45, 2.75) is 49.8 Å². The molecule has 6 nitrogen and oxygen atoms in total. The van der Waals surface area contributed by atoms with Gasteiger partial charge in [0.15, 0.2) is 12.3 Å². The molecule has 2 saturated heterocycles. The number of fused-ring (bicyclic) bond motifs is 1. The number of hydrazine groups is 1. The molecule has 3 aliphatic rings. The second kappa shape index (κ2) is 6.50. The third kappa shape index (κ3) is 2.87. The Bertz CT molecular complexity index is 581. The summed E-state index contributed by atoms with van der Waals surface area (Å²) in [6, 6.07) is 2.31.